The Morgan fingerprint density at radius 3 is 2.83 bits per heavy atom. The second-order valence-electron chi connectivity index (χ2n) is 7.08. The molecule has 1 aromatic heterocycles. The Bertz CT molecular complexity index is 878. The third kappa shape index (κ3) is 6.73. The predicted octanol–water partition coefficient (Wildman–Crippen LogP) is 2.92. The Morgan fingerprint density at radius 1 is 1.30 bits per heavy atom. The normalized spacial score (nSPS) is 16.5. The maximum atomic E-state index is 11.6. The lowest BCUT2D eigenvalue weighted by Gasteiger charge is -2.33. The van der Waals surface area contributed by atoms with Crippen LogP contribution in [-0.4, -0.2) is 37.0 Å². The van der Waals surface area contributed by atoms with E-state index in [9.17, 15) is 4.79 Å². The number of guanidine groups is 1. The summed E-state index contributed by atoms with van der Waals surface area (Å²) in [5, 5.41) is 7.33. The number of carbonyl (C=O) groups is 1. The van der Waals surface area contributed by atoms with Crippen LogP contribution in [-0.2, 0) is 17.9 Å². The highest BCUT2D eigenvalue weighted by Crippen LogP contribution is 2.24. The van der Waals surface area contributed by atoms with Gasteiger partial charge in [-0.1, -0.05) is 29.8 Å². The van der Waals surface area contributed by atoms with Crippen LogP contribution >= 0.6 is 35.6 Å². The van der Waals surface area contributed by atoms with Gasteiger partial charge in [0.1, 0.15) is 5.82 Å². The highest BCUT2D eigenvalue weighted by molar-refractivity contribution is 14.0. The van der Waals surface area contributed by atoms with Crippen LogP contribution in [0.25, 0.3) is 0 Å². The number of halogens is 2. The van der Waals surface area contributed by atoms with Gasteiger partial charge in [0.2, 0.25) is 5.91 Å². The molecular weight excluding hydrogens is 515 g/mol. The van der Waals surface area contributed by atoms with Gasteiger partial charge in [-0.3, -0.25) is 9.79 Å². The standard InChI is InChI=1S/C21H27ClN6O.HI/c1-24-21(26-12-15-5-2-8-18(22)11-15)27-13-16-6-3-9-25-20(16)28-10-4-7-17(14-28)19(23)29;/h2-3,5-6,8-9,11,17H,4,7,10,12-14H2,1H3,(H2,23,29)(H2,24,26,27);1H. The second-order valence-corrected chi connectivity index (χ2v) is 7.52. The molecule has 0 saturated carbocycles. The van der Waals surface area contributed by atoms with E-state index in [0.29, 0.717) is 30.6 Å². The minimum Gasteiger partial charge on any atom is -0.369 e. The van der Waals surface area contributed by atoms with Crippen molar-refractivity contribution < 1.29 is 4.79 Å². The molecule has 1 atom stereocenters. The molecule has 3 rings (SSSR count). The van der Waals surface area contributed by atoms with Crippen LogP contribution in [0.5, 0.6) is 0 Å². The van der Waals surface area contributed by atoms with E-state index in [1.165, 1.54) is 0 Å². The van der Waals surface area contributed by atoms with Gasteiger partial charge in [-0.25, -0.2) is 4.98 Å². The average Bonchev–Trinajstić information content (AvgIpc) is 2.74. The fourth-order valence-corrected chi connectivity index (χ4v) is 3.70. The Balaban J connectivity index is 0.00000320. The summed E-state index contributed by atoms with van der Waals surface area (Å²) in [6.45, 7) is 2.67. The topological polar surface area (TPSA) is 95.6 Å². The maximum absolute atomic E-state index is 11.6. The van der Waals surface area contributed by atoms with Gasteiger partial charge in [-0.2, -0.15) is 0 Å². The summed E-state index contributed by atoms with van der Waals surface area (Å²) in [6, 6.07) is 11.7. The number of pyridine rings is 1. The number of hydrogen-bond acceptors (Lipinski definition) is 4. The molecule has 1 unspecified atom stereocenters. The van der Waals surface area contributed by atoms with Gasteiger partial charge < -0.3 is 21.3 Å². The van der Waals surface area contributed by atoms with Crippen LogP contribution in [0.3, 0.4) is 0 Å². The molecule has 4 N–H and O–H groups in total. The lowest BCUT2D eigenvalue weighted by molar-refractivity contribution is -0.122. The molecule has 30 heavy (non-hydrogen) atoms. The van der Waals surface area contributed by atoms with Crippen molar-refractivity contribution in [1.29, 1.82) is 0 Å². The first-order valence-electron chi connectivity index (χ1n) is 9.74. The van der Waals surface area contributed by atoms with Crippen LogP contribution in [0.2, 0.25) is 5.02 Å². The molecule has 9 heteroatoms. The molecule has 2 heterocycles. The molecule has 0 spiro atoms. The minimum absolute atomic E-state index is 0. The number of amides is 1. The van der Waals surface area contributed by atoms with E-state index in [-0.39, 0.29) is 35.8 Å². The first kappa shape index (κ1) is 24.2. The summed E-state index contributed by atoms with van der Waals surface area (Å²) in [4.78, 5) is 22.6. The molecule has 162 valence electrons. The van der Waals surface area contributed by atoms with Gasteiger partial charge >= 0.3 is 0 Å². The fourth-order valence-electron chi connectivity index (χ4n) is 3.49. The van der Waals surface area contributed by atoms with Gasteiger partial charge in [0.05, 0.1) is 5.92 Å². The third-order valence-corrected chi connectivity index (χ3v) is 5.24. The Kier molecular flexibility index (Phi) is 9.64. The van der Waals surface area contributed by atoms with Crippen LogP contribution < -0.4 is 21.3 Å². The Morgan fingerprint density at radius 2 is 2.10 bits per heavy atom. The second kappa shape index (κ2) is 11.9. The van der Waals surface area contributed by atoms with Crippen molar-refractivity contribution in [3.63, 3.8) is 0 Å². The number of nitrogens with one attached hydrogen (secondary N) is 2. The van der Waals surface area contributed by atoms with E-state index in [1.807, 2.05) is 36.4 Å². The summed E-state index contributed by atoms with van der Waals surface area (Å²) in [5.41, 5.74) is 7.64. The summed E-state index contributed by atoms with van der Waals surface area (Å²) in [7, 11) is 1.74. The first-order valence-corrected chi connectivity index (χ1v) is 10.1. The lowest BCUT2D eigenvalue weighted by atomic mass is 9.97. The first-order chi connectivity index (χ1) is 14.1. The maximum Gasteiger partial charge on any atom is 0.222 e. The molecule has 2 aromatic rings. The summed E-state index contributed by atoms with van der Waals surface area (Å²) in [6.07, 6.45) is 3.55. The van der Waals surface area contributed by atoms with Gasteiger partial charge in [0.15, 0.2) is 5.96 Å². The molecule has 1 saturated heterocycles. The average molecular weight is 543 g/mol. The zero-order valence-corrected chi connectivity index (χ0v) is 20.1. The highest BCUT2D eigenvalue weighted by atomic mass is 127. The van der Waals surface area contributed by atoms with E-state index in [4.69, 9.17) is 17.3 Å². The van der Waals surface area contributed by atoms with E-state index in [1.54, 1.807) is 13.2 Å². The van der Waals surface area contributed by atoms with Crippen molar-refractivity contribution in [2.45, 2.75) is 25.9 Å². The number of nitrogens with two attached hydrogens (primary N) is 1. The smallest absolute Gasteiger partial charge is 0.222 e. The van der Waals surface area contributed by atoms with Crippen LogP contribution in [0.4, 0.5) is 5.82 Å². The van der Waals surface area contributed by atoms with E-state index in [2.05, 4.69) is 25.5 Å². The fraction of sp³-hybridized carbons (Fsp3) is 0.381. The number of anilines is 1. The quantitative estimate of drug-likeness (QED) is 0.296. The van der Waals surface area contributed by atoms with Crippen molar-refractivity contribution in [3.8, 4) is 0 Å². The Hall–Kier alpha value is -2.07. The van der Waals surface area contributed by atoms with Gasteiger partial charge in [0, 0.05) is 50.0 Å². The number of rotatable bonds is 6. The van der Waals surface area contributed by atoms with Crippen molar-refractivity contribution in [3.05, 3.63) is 58.7 Å². The Labute approximate surface area is 199 Å². The molecule has 0 radical (unpaired) electrons. The van der Waals surface area contributed by atoms with Crippen molar-refractivity contribution in [2.24, 2.45) is 16.6 Å². The van der Waals surface area contributed by atoms with E-state index in [0.717, 1.165) is 36.3 Å². The number of piperidine rings is 1. The van der Waals surface area contributed by atoms with Gasteiger partial charge in [-0.05, 0) is 36.6 Å². The number of nitrogens with zero attached hydrogens (tertiary/aromatic N) is 3. The molecule has 0 aliphatic carbocycles. The molecule has 1 fully saturated rings. The van der Waals surface area contributed by atoms with E-state index < -0.39 is 0 Å². The summed E-state index contributed by atoms with van der Waals surface area (Å²) >= 11 is 6.04. The number of carbonyl (C=O) groups excluding carboxylic acids is 1. The predicted molar refractivity (Wildman–Crippen MR) is 132 cm³/mol. The molecule has 1 amide bonds. The minimum atomic E-state index is -0.240. The van der Waals surface area contributed by atoms with Gasteiger partial charge in [0.25, 0.3) is 0 Å². The van der Waals surface area contributed by atoms with Gasteiger partial charge in [-0.15, -0.1) is 24.0 Å². The molecule has 1 aliphatic rings. The van der Waals surface area contributed by atoms with Crippen LogP contribution in [0.1, 0.15) is 24.0 Å². The van der Waals surface area contributed by atoms with Crippen molar-refractivity contribution >= 4 is 53.3 Å². The van der Waals surface area contributed by atoms with Crippen LogP contribution in [0, 0.1) is 5.92 Å². The largest absolute Gasteiger partial charge is 0.369 e. The molecule has 7 nitrogen and oxygen atoms in total. The molecule has 0 bridgehead atoms. The number of benzene rings is 1. The molecule has 1 aromatic carbocycles. The molecular formula is C21H28ClIN6O. The number of hydrogen-bond donors (Lipinski definition) is 3. The van der Waals surface area contributed by atoms with E-state index >= 15 is 0 Å². The summed E-state index contributed by atoms with van der Waals surface area (Å²) < 4.78 is 0. The highest BCUT2D eigenvalue weighted by Gasteiger charge is 2.25. The number of aromatic nitrogens is 1. The zero-order chi connectivity index (χ0) is 20.6. The summed E-state index contributed by atoms with van der Waals surface area (Å²) in [5.74, 6) is 1.21. The molecule has 1 aliphatic heterocycles. The third-order valence-electron chi connectivity index (χ3n) is 5.01. The monoisotopic (exact) mass is 542 g/mol. The SMILES string of the molecule is CN=C(NCc1cccc(Cl)c1)NCc1cccnc1N1CCCC(C(N)=O)C1.I. The lowest BCUT2D eigenvalue weighted by Crippen LogP contribution is -2.42. The zero-order valence-electron chi connectivity index (χ0n) is 17.0. The van der Waals surface area contributed by atoms with Crippen molar-refractivity contribution in [1.82, 2.24) is 15.6 Å². The number of primary amides is 1. The van der Waals surface area contributed by atoms with Crippen LogP contribution in [0.15, 0.2) is 47.6 Å². The number of aliphatic imine (C=N–C) groups is 1. The van der Waals surface area contributed by atoms with Crippen molar-refractivity contribution in [2.75, 3.05) is 25.0 Å².